The van der Waals surface area contributed by atoms with Crippen molar-refractivity contribution in [3.63, 3.8) is 0 Å². The molecular formula is C20H16FN5. The van der Waals surface area contributed by atoms with Crippen LogP contribution in [0.5, 0.6) is 0 Å². The largest absolute Gasteiger partial charge is 0.382 e. The van der Waals surface area contributed by atoms with Gasteiger partial charge in [-0.2, -0.15) is 0 Å². The Morgan fingerprint density at radius 1 is 1.12 bits per heavy atom. The topological polar surface area (TPSA) is 69.4 Å². The van der Waals surface area contributed by atoms with E-state index in [1.807, 2.05) is 23.2 Å². The number of amidine groups is 1. The van der Waals surface area contributed by atoms with Crippen molar-refractivity contribution in [2.45, 2.75) is 0 Å². The van der Waals surface area contributed by atoms with Crippen LogP contribution in [0.1, 0.15) is 5.69 Å². The van der Waals surface area contributed by atoms with E-state index in [-0.39, 0.29) is 5.82 Å². The van der Waals surface area contributed by atoms with Gasteiger partial charge in [-0.15, -0.1) is 0 Å². The Hall–Kier alpha value is -3.54. The standard InChI is InChI=1S/C20H16FN5/c21-14-6-4-12(5-7-14)15-3-1-2-13-10-16(25-17(13)15)18-19-20(22)23-8-9-26(19)11-24-18/h1-10,24-25H,11H2,(H2,22,23). The molecule has 0 radical (unpaired) electrons. The molecule has 2 aliphatic rings. The number of H-pyrrole nitrogens is 1. The van der Waals surface area contributed by atoms with Crippen LogP contribution in [0, 0.1) is 5.82 Å². The van der Waals surface area contributed by atoms with Crippen LogP contribution in [-0.2, 0) is 0 Å². The van der Waals surface area contributed by atoms with Gasteiger partial charge >= 0.3 is 0 Å². The lowest BCUT2D eigenvalue weighted by Gasteiger charge is -2.18. The summed E-state index contributed by atoms with van der Waals surface area (Å²) in [5, 5.41) is 4.47. The van der Waals surface area contributed by atoms with Gasteiger partial charge in [0.2, 0.25) is 0 Å². The highest BCUT2D eigenvalue weighted by atomic mass is 19.1. The molecule has 6 heteroatoms. The molecule has 0 saturated carbocycles. The Morgan fingerprint density at radius 3 is 2.81 bits per heavy atom. The molecule has 0 spiro atoms. The second-order valence-electron chi connectivity index (χ2n) is 6.30. The molecule has 0 saturated heterocycles. The molecule has 128 valence electrons. The second-order valence-corrected chi connectivity index (χ2v) is 6.30. The maximum atomic E-state index is 13.3. The molecule has 0 fully saturated rings. The van der Waals surface area contributed by atoms with E-state index in [4.69, 9.17) is 5.73 Å². The van der Waals surface area contributed by atoms with Gasteiger partial charge in [-0.3, -0.25) is 0 Å². The van der Waals surface area contributed by atoms with E-state index in [2.05, 4.69) is 27.4 Å². The molecule has 0 atom stereocenters. The van der Waals surface area contributed by atoms with Gasteiger partial charge in [0.15, 0.2) is 0 Å². The first-order chi connectivity index (χ1) is 12.7. The number of hydrogen-bond acceptors (Lipinski definition) is 4. The van der Waals surface area contributed by atoms with Crippen LogP contribution >= 0.6 is 0 Å². The summed E-state index contributed by atoms with van der Waals surface area (Å²) < 4.78 is 13.3. The molecule has 5 nitrogen and oxygen atoms in total. The highest BCUT2D eigenvalue weighted by Crippen LogP contribution is 2.32. The van der Waals surface area contributed by atoms with Crippen LogP contribution in [-0.4, -0.2) is 22.4 Å². The molecule has 3 heterocycles. The Balaban J connectivity index is 1.67. The molecule has 0 bridgehead atoms. The number of aliphatic imine (C=N–C) groups is 1. The van der Waals surface area contributed by atoms with Crippen LogP contribution in [0.2, 0.25) is 0 Å². The Morgan fingerprint density at radius 2 is 1.96 bits per heavy atom. The maximum Gasteiger partial charge on any atom is 0.149 e. The zero-order valence-corrected chi connectivity index (χ0v) is 13.8. The quantitative estimate of drug-likeness (QED) is 0.667. The van der Waals surface area contributed by atoms with Gasteiger partial charge in [-0.25, -0.2) is 9.38 Å². The van der Waals surface area contributed by atoms with Gasteiger partial charge in [0.25, 0.3) is 0 Å². The summed E-state index contributed by atoms with van der Waals surface area (Å²) >= 11 is 0. The SMILES string of the molecule is NC1=NC=CN2CNC(c3cc4cccc(-c5ccc(F)cc5)c4[nH]3)=C12. The predicted octanol–water partition coefficient (Wildman–Crippen LogP) is 3.35. The highest BCUT2D eigenvalue weighted by molar-refractivity contribution is 6.06. The zero-order valence-electron chi connectivity index (χ0n) is 13.8. The molecule has 2 aliphatic heterocycles. The van der Waals surface area contributed by atoms with Crippen LogP contribution in [0.4, 0.5) is 4.39 Å². The molecular weight excluding hydrogens is 329 g/mol. The van der Waals surface area contributed by atoms with Crippen LogP contribution < -0.4 is 11.1 Å². The minimum absolute atomic E-state index is 0.240. The van der Waals surface area contributed by atoms with Gasteiger partial charge in [0.05, 0.1) is 23.6 Å². The first-order valence-electron chi connectivity index (χ1n) is 8.34. The minimum atomic E-state index is -0.240. The molecule has 4 N–H and O–H groups in total. The number of para-hydroxylation sites is 1. The fourth-order valence-electron chi connectivity index (χ4n) is 3.51. The van der Waals surface area contributed by atoms with Gasteiger partial charge in [0, 0.05) is 23.3 Å². The fraction of sp³-hybridized carbons (Fsp3) is 0.0500. The van der Waals surface area contributed by atoms with Crippen LogP contribution in [0.15, 0.2) is 71.6 Å². The lowest BCUT2D eigenvalue weighted by molar-refractivity contribution is 0.502. The van der Waals surface area contributed by atoms with Crippen molar-refractivity contribution < 1.29 is 4.39 Å². The number of aromatic amines is 1. The lowest BCUT2D eigenvalue weighted by Crippen LogP contribution is -2.28. The number of nitrogens with zero attached hydrogens (tertiary/aromatic N) is 2. The van der Waals surface area contributed by atoms with Crippen LogP contribution in [0.25, 0.3) is 27.7 Å². The van der Waals surface area contributed by atoms with Gasteiger partial charge < -0.3 is 20.9 Å². The number of rotatable bonds is 2. The predicted molar refractivity (Wildman–Crippen MR) is 101 cm³/mol. The van der Waals surface area contributed by atoms with Gasteiger partial charge in [-0.05, 0) is 23.8 Å². The Kier molecular flexibility index (Phi) is 3.12. The van der Waals surface area contributed by atoms with Gasteiger partial charge in [-0.1, -0.05) is 30.3 Å². The highest BCUT2D eigenvalue weighted by Gasteiger charge is 2.27. The van der Waals surface area contributed by atoms with E-state index < -0.39 is 0 Å². The molecule has 1 aromatic heterocycles. The van der Waals surface area contributed by atoms with Crippen molar-refractivity contribution in [3.8, 4) is 11.1 Å². The van der Waals surface area contributed by atoms with Crippen molar-refractivity contribution in [1.29, 1.82) is 0 Å². The number of aromatic nitrogens is 1. The smallest absolute Gasteiger partial charge is 0.149 e. The van der Waals surface area contributed by atoms with Gasteiger partial charge in [0.1, 0.15) is 17.3 Å². The average molecular weight is 345 g/mol. The summed E-state index contributed by atoms with van der Waals surface area (Å²) in [5.74, 6) is 0.250. The van der Waals surface area contributed by atoms with E-state index >= 15 is 0 Å². The molecule has 26 heavy (non-hydrogen) atoms. The minimum Gasteiger partial charge on any atom is -0.382 e. The molecule has 0 unspecified atom stereocenters. The lowest BCUT2D eigenvalue weighted by atomic mass is 10.0. The van der Waals surface area contributed by atoms with E-state index in [0.29, 0.717) is 12.5 Å². The van der Waals surface area contributed by atoms with Crippen molar-refractivity contribution >= 4 is 22.4 Å². The summed E-state index contributed by atoms with van der Waals surface area (Å²) in [6.07, 6.45) is 3.60. The van der Waals surface area contributed by atoms with E-state index in [9.17, 15) is 4.39 Å². The van der Waals surface area contributed by atoms with Crippen LogP contribution in [0.3, 0.4) is 0 Å². The number of fused-ring (bicyclic) bond motifs is 2. The maximum absolute atomic E-state index is 13.3. The summed E-state index contributed by atoms with van der Waals surface area (Å²) in [6.45, 7) is 0.650. The van der Waals surface area contributed by atoms with Crippen molar-refractivity contribution in [2.24, 2.45) is 10.7 Å². The zero-order chi connectivity index (χ0) is 17.7. The Bertz CT molecular complexity index is 1100. The summed E-state index contributed by atoms with van der Waals surface area (Å²) in [6, 6.07) is 14.7. The van der Waals surface area contributed by atoms with Crippen molar-refractivity contribution in [1.82, 2.24) is 15.2 Å². The molecule has 3 aromatic rings. The second kappa shape index (κ2) is 5.49. The van der Waals surface area contributed by atoms with E-state index in [1.165, 1.54) is 12.1 Å². The van der Waals surface area contributed by atoms with E-state index in [1.54, 1.807) is 18.3 Å². The monoisotopic (exact) mass is 345 g/mol. The fourth-order valence-corrected chi connectivity index (χ4v) is 3.51. The molecule has 0 amide bonds. The summed E-state index contributed by atoms with van der Waals surface area (Å²) in [4.78, 5) is 9.73. The van der Waals surface area contributed by atoms with Crippen molar-refractivity contribution in [3.05, 3.63) is 78.1 Å². The molecule has 2 aromatic carbocycles. The summed E-state index contributed by atoms with van der Waals surface area (Å²) in [7, 11) is 0. The Labute approximate surface area is 149 Å². The molecule has 0 aliphatic carbocycles. The number of nitrogens with one attached hydrogen (secondary N) is 2. The number of hydrogen-bond donors (Lipinski definition) is 3. The van der Waals surface area contributed by atoms with E-state index in [0.717, 1.165) is 39.1 Å². The normalized spacial score (nSPS) is 16.0. The first kappa shape index (κ1) is 14.8. The number of nitrogens with two attached hydrogens (primary N) is 1. The number of benzene rings is 2. The first-order valence-corrected chi connectivity index (χ1v) is 8.34. The summed E-state index contributed by atoms with van der Waals surface area (Å²) in [5.41, 5.74) is 11.8. The average Bonchev–Trinajstić information content (AvgIpc) is 3.26. The third kappa shape index (κ3) is 2.19. The third-order valence-corrected chi connectivity index (χ3v) is 4.73. The van der Waals surface area contributed by atoms with Crippen molar-refractivity contribution in [2.75, 3.05) is 6.67 Å². The third-order valence-electron chi connectivity index (χ3n) is 4.73. The molecule has 5 rings (SSSR count). The number of halogens is 1.